The Morgan fingerprint density at radius 2 is 1.63 bits per heavy atom. The first-order chi connectivity index (χ1) is 9.06. The third kappa shape index (κ3) is 2.77. The number of nitrogens with two attached hydrogens (primary N) is 1. The molecule has 0 aromatic heterocycles. The van der Waals surface area contributed by atoms with E-state index in [1.165, 1.54) is 11.1 Å². The van der Waals surface area contributed by atoms with E-state index in [-0.39, 0.29) is 6.04 Å². The molecule has 0 bridgehead atoms. The van der Waals surface area contributed by atoms with Crippen LogP contribution in [0.1, 0.15) is 28.3 Å². The highest BCUT2D eigenvalue weighted by Gasteiger charge is 2.19. The molecule has 0 amide bonds. The van der Waals surface area contributed by atoms with Gasteiger partial charge in [0, 0.05) is 0 Å². The van der Waals surface area contributed by atoms with Crippen molar-refractivity contribution in [2.45, 2.75) is 19.9 Å². The van der Waals surface area contributed by atoms with Crippen LogP contribution in [0.5, 0.6) is 0 Å². The molecule has 0 radical (unpaired) electrons. The summed E-state index contributed by atoms with van der Waals surface area (Å²) in [7, 11) is 0. The van der Waals surface area contributed by atoms with Gasteiger partial charge in [0.05, 0.1) is 16.1 Å². The van der Waals surface area contributed by atoms with E-state index in [2.05, 4.69) is 25.3 Å². The van der Waals surface area contributed by atoms with Crippen LogP contribution >= 0.6 is 23.2 Å². The van der Waals surface area contributed by atoms with Gasteiger partial charge in [0.15, 0.2) is 0 Å². The minimum absolute atomic E-state index is 0.175. The minimum Gasteiger partial charge on any atom is -0.271 e. The first-order valence-corrected chi connectivity index (χ1v) is 6.78. The molecular formula is C15H16Cl2N2. The molecule has 4 heteroatoms. The molecule has 2 aromatic carbocycles. The number of benzene rings is 2. The zero-order valence-corrected chi connectivity index (χ0v) is 12.4. The average Bonchev–Trinajstić information content (AvgIpc) is 2.40. The molecule has 1 unspecified atom stereocenters. The first-order valence-electron chi connectivity index (χ1n) is 6.02. The highest BCUT2D eigenvalue weighted by Crippen LogP contribution is 2.34. The van der Waals surface area contributed by atoms with Crippen LogP contribution in [0.2, 0.25) is 10.0 Å². The smallest absolute Gasteiger partial charge is 0.0727 e. The predicted molar refractivity (Wildman–Crippen MR) is 81.5 cm³/mol. The molecule has 0 heterocycles. The van der Waals surface area contributed by atoms with Gasteiger partial charge in [-0.3, -0.25) is 5.84 Å². The molecule has 0 aliphatic rings. The van der Waals surface area contributed by atoms with E-state index in [0.29, 0.717) is 10.0 Å². The standard InChI is InChI=1S/C15H16Cl2N2/c1-9-5-3-6-11(10(9)2)15(19-18)12-7-4-8-13(16)14(12)17/h3-8,15,19H,18H2,1-2H3. The molecule has 100 valence electrons. The fraction of sp³-hybridized carbons (Fsp3) is 0.200. The van der Waals surface area contributed by atoms with Gasteiger partial charge in [0.25, 0.3) is 0 Å². The second-order valence-electron chi connectivity index (χ2n) is 4.53. The third-order valence-electron chi connectivity index (χ3n) is 3.42. The van der Waals surface area contributed by atoms with E-state index in [4.69, 9.17) is 29.0 Å². The van der Waals surface area contributed by atoms with Crippen molar-refractivity contribution in [3.63, 3.8) is 0 Å². The Bertz CT molecular complexity index is 545. The van der Waals surface area contributed by atoms with E-state index in [9.17, 15) is 0 Å². The number of halogens is 2. The summed E-state index contributed by atoms with van der Waals surface area (Å²) in [5, 5.41) is 1.07. The molecule has 0 spiro atoms. The maximum atomic E-state index is 6.28. The monoisotopic (exact) mass is 294 g/mol. The lowest BCUT2D eigenvalue weighted by molar-refractivity contribution is 0.633. The van der Waals surface area contributed by atoms with Gasteiger partial charge in [-0.25, -0.2) is 5.43 Å². The normalized spacial score (nSPS) is 12.5. The maximum absolute atomic E-state index is 6.28. The third-order valence-corrected chi connectivity index (χ3v) is 4.25. The zero-order valence-electron chi connectivity index (χ0n) is 10.9. The second-order valence-corrected chi connectivity index (χ2v) is 5.32. The molecular weight excluding hydrogens is 279 g/mol. The molecule has 0 aliphatic heterocycles. The predicted octanol–water partition coefficient (Wildman–Crippen LogP) is 4.16. The number of nitrogens with one attached hydrogen (secondary N) is 1. The van der Waals surface area contributed by atoms with Gasteiger partial charge in [-0.15, -0.1) is 0 Å². The van der Waals surface area contributed by atoms with Crippen molar-refractivity contribution in [1.29, 1.82) is 0 Å². The molecule has 2 rings (SSSR count). The van der Waals surface area contributed by atoms with Gasteiger partial charge < -0.3 is 0 Å². The van der Waals surface area contributed by atoms with E-state index in [0.717, 1.165) is 11.1 Å². The summed E-state index contributed by atoms with van der Waals surface area (Å²) in [6.07, 6.45) is 0. The number of hydrogen-bond acceptors (Lipinski definition) is 2. The SMILES string of the molecule is Cc1cccc(C(NN)c2cccc(Cl)c2Cl)c1C. The fourth-order valence-corrected chi connectivity index (χ4v) is 2.59. The van der Waals surface area contributed by atoms with Crippen molar-refractivity contribution < 1.29 is 0 Å². The number of hydrazine groups is 1. The zero-order chi connectivity index (χ0) is 14.0. The van der Waals surface area contributed by atoms with Crippen LogP contribution in [-0.4, -0.2) is 0 Å². The van der Waals surface area contributed by atoms with Crippen molar-refractivity contribution in [2.24, 2.45) is 5.84 Å². The highest BCUT2D eigenvalue weighted by molar-refractivity contribution is 6.42. The molecule has 0 saturated carbocycles. The molecule has 0 fully saturated rings. The van der Waals surface area contributed by atoms with Crippen LogP contribution in [0.15, 0.2) is 36.4 Å². The highest BCUT2D eigenvalue weighted by atomic mass is 35.5. The van der Waals surface area contributed by atoms with Crippen LogP contribution < -0.4 is 11.3 Å². The van der Waals surface area contributed by atoms with E-state index >= 15 is 0 Å². The lowest BCUT2D eigenvalue weighted by Gasteiger charge is -2.21. The molecule has 19 heavy (non-hydrogen) atoms. The van der Waals surface area contributed by atoms with Crippen molar-refractivity contribution >= 4 is 23.2 Å². The molecule has 2 nitrogen and oxygen atoms in total. The van der Waals surface area contributed by atoms with Gasteiger partial charge in [0.2, 0.25) is 0 Å². The molecule has 0 aliphatic carbocycles. The Labute approximate surface area is 123 Å². The second kappa shape index (κ2) is 5.93. The Morgan fingerprint density at radius 1 is 1.00 bits per heavy atom. The van der Waals surface area contributed by atoms with Crippen molar-refractivity contribution in [2.75, 3.05) is 0 Å². The van der Waals surface area contributed by atoms with Gasteiger partial charge in [-0.05, 0) is 42.2 Å². The Hall–Kier alpha value is -1.06. The molecule has 2 aromatic rings. The summed E-state index contributed by atoms with van der Waals surface area (Å²) >= 11 is 12.4. The fourth-order valence-electron chi connectivity index (χ4n) is 2.18. The van der Waals surface area contributed by atoms with Crippen molar-refractivity contribution in [1.82, 2.24) is 5.43 Å². The summed E-state index contributed by atoms with van der Waals surface area (Å²) < 4.78 is 0. The van der Waals surface area contributed by atoms with Crippen molar-refractivity contribution in [3.05, 3.63) is 68.7 Å². The lowest BCUT2D eigenvalue weighted by atomic mass is 9.93. The van der Waals surface area contributed by atoms with Gasteiger partial charge in [-0.1, -0.05) is 53.5 Å². The number of hydrogen-bond donors (Lipinski definition) is 2. The number of rotatable bonds is 3. The molecule has 1 atom stereocenters. The van der Waals surface area contributed by atoms with E-state index < -0.39 is 0 Å². The maximum Gasteiger partial charge on any atom is 0.0727 e. The van der Waals surface area contributed by atoms with Crippen LogP contribution in [0.25, 0.3) is 0 Å². The van der Waals surface area contributed by atoms with Gasteiger partial charge in [-0.2, -0.15) is 0 Å². The molecule has 0 saturated heterocycles. The van der Waals surface area contributed by atoms with Gasteiger partial charge in [0.1, 0.15) is 0 Å². The van der Waals surface area contributed by atoms with Crippen LogP contribution in [0.3, 0.4) is 0 Å². The quantitative estimate of drug-likeness (QED) is 0.659. The summed E-state index contributed by atoms with van der Waals surface area (Å²) in [6.45, 7) is 4.15. The van der Waals surface area contributed by atoms with Crippen molar-refractivity contribution in [3.8, 4) is 0 Å². The Morgan fingerprint density at radius 3 is 2.32 bits per heavy atom. The largest absolute Gasteiger partial charge is 0.271 e. The number of aryl methyl sites for hydroxylation is 1. The summed E-state index contributed by atoms with van der Waals surface area (Å²) in [6, 6.07) is 11.5. The molecule has 3 N–H and O–H groups in total. The summed E-state index contributed by atoms with van der Waals surface area (Å²) in [4.78, 5) is 0. The summed E-state index contributed by atoms with van der Waals surface area (Å²) in [5.74, 6) is 5.72. The Balaban J connectivity index is 2.57. The van der Waals surface area contributed by atoms with Gasteiger partial charge >= 0.3 is 0 Å². The summed E-state index contributed by atoms with van der Waals surface area (Å²) in [5.41, 5.74) is 7.23. The van der Waals surface area contributed by atoms with Crippen LogP contribution in [0.4, 0.5) is 0 Å². The van der Waals surface area contributed by atoms with E-state index in [1.54, 1.807) is 6.07 Å². The minimum atomic E-state index is -0.175. The van der Waals surface area contributed by atoms with Crippen LogP contribution in [-0.2, 0) is 0 Å². The lowest BCUT2D eigenvalue weighted by Crippen LogP contribution is -2.29. The topological polar surface area (TPSA) is 38.0 Å². The first kappa shape index (κ1) is 14.4. The van der Waals surface area contributed by atoms with E-state index in [1.807, 2.05) is 24.3 Å². The average molecular weight is 295 g/mol. The van der Waals surface area contributed by atoms with Crippen LogP contribution in [0, 0.1) is 13.8 Å². The Kier molecular flexibility index (Phi) is 4.48.